The predicted molar refractivity (Wildman–Crippen MR) is 115 cm³/mol. The van der Waals surface area contributed by atoms with Gasteiger partial charge in [-0.2, -0.15) is 9.61 Å². The Bertz CT molecular complexity index is 1040. The van der Waals surface area contributed by atoms with Gasteiger partial charge >= 0.3 is 0 Å². The second-order valence-corrected chi connectivity index (χ2v) is 7.62. The van der Waals surface area contributed by atoms with Gasteiger partial charge in [0.15, 0.2) is 5.65 Å². The highest BCUT2D eigenvalue weighted by Gasteiger charge is 2.33. The van der Waals surface area contributed by atoms with Crippen LogP contribution < -0.4 is 15.5 Å². The lowest BCUT2D eigenvalue weighted by Crippen LogP contribution is -2.30. The Balaban J connectivity index is 1.79. The molecule has 29 heavy (non-hydrogen) atoms. The van der Waals surface area contributed by atoms with Crippen LogP contribution in [0.2, 0.25) is 0 Å². The van der Waals surface area contributed by atoms with E-state index in [9.17, 15) is 4.79 Å². The minimum absolute atomic E-state index is 0.0259. The summed E-state index contributed by atoms with van der Waals surface area (Å²) in [7, 11) is 1.86. The normalized spacial score (nSPS) is 15.8. The molecule has 0 bridgehead atoms. The summed E-state index contributed by atoms with van der Waals surface area (Å²) in [6.45, 7) is 7.16. The molecular weight excluding hydrogens is 366 g/mol. The summed E-state index contributed by atoms with van der Waals surface area (Å²) >= 11 is 0. The van der Waals surface area contributed by atoms with Crippen LogP contribution in [0.1, 0.15) is 50.8 Å². The summed E-state index contributed by atoms with van der Waals surface area (Å²) in [5.74, 6) is 1.92. The molecule has 1 aliphatic heterocycles. The van der Waals surface area contributed by atoms with Crippen molar-refractivity contribution in [1.29, 1.82) is 0 Å². The Morgan fingerprint density at radius 1 is 1.38 bits per heavy atom. The molecule has 8 nitrogen and oxygen atoms in total. The lowest BCUT2D eigenvalue weighted by atomic mass is 9.99. The first-order valence-corrected chi connectivity index (χ1v) is 10.1. The predicted octanol–water partition coefficient (Wildman–Crippen LogP) is 3.26. The van der Waals surface area contributed by atoms with Crippen LogP contribution in [-0.4, -0.2) is 45.1 Å². The van der Waals surface area contributed by atoms with Gasteiger partial charge < -0.3 is 15.5 Å². The molecule has 2 N–H and O–H groups in total. The number of pyridine rings is 1. The van der Waals surface area contributed by atoms with Gasteiger partial charge in [-0.3, -0.25) is 4.79 Å². The Labute approximate surface area is 170 Å². The standard InChI is InChI=1S/C21H27N7O/c1-5-7-19(29)25-17-11-24-28-18(22-4)10-16(26-21(17)28)15-12-27(13(2)3)20-14(15)8-6-9-23-20/h6,8-11,13,15,22H,5,7,12H2,1-4H3,(H,25,29). The van der Waals surface area contributed by atoms with E-state index in [1.807, 2.05) is 32.3 Å². The van der Waals surface area contributed by atoms with Crippen molar-refractivity contribution in [1.82, 2.24) is 19.6 Å². The summed E-state index contributed by atoms with van der Waals surface area (Å²) in [5.41, 5.74) is 3.39. The maximum atomic E-state index is 12.1. The number of aromatic nitrogens is 4. The molecule has 152 valence electrons. The number of nitrogens with zero attached hydrogens (tertiary/aromatic N) is 5. The molecule has 1 amide bonds. The van der Waals surface area contributed by atoms with E-state index in [2.05, 4.69) is 45.5 Å². The summed E-state index contributed by atoms with van der Waals surface area (Å²) in [4.78, 5) is 24.0. The summed E-state index contributed by atoms with van der Waals surface area (Å²) < 4.78 is 1.73. The van der Waals surface area contributed by atoms with Gasteiger partial charge in [0, 0.05) is 49.8 Å². The molecular formula is C21H27N7O. The molecule has 1 aliphatic rings. The van der Waals surface area contributed by atoms with Crippen LogP contribution in [0.15, 0.2) is 30.6 Å². The van der Waals surface area contributed by atoms with Gasteiger partial charge in [0.25, 0.3) is 0 Å². The first kappa shape index (κ1) is 19.2. The van der Waals surface area contributed by atoms with Gasteiger partial charge in [0.2, 0.25) is 5.91 Å². The van der Waals surface area contributed by atoms with E-state index in [1.54, 1.807) is 10.7 Å². The quantitative estimate of drug-likeness (QED) is 0.668. The number of rotatable bonds is 6. The zero-order valence-electron chi connectivity index (χ0n) is 17.3. The second kappa shape index (κ2) is 7.69. The molecule has 3 aromatic rings. The minimum atomic E-state index is -0.0259. The lowest BCUT2D eigenvalue weighted by Gasteiger charge is -2.23. The highest BCUT2D eigenvalue weighted by molar-refractivity contribution is 5.94. The Kier molecular flexibility index (Phi) is 5.08. The third kappa shape index (κ3) is 3.39. The third-order valence-corrected chi connectivity index (χ3v) is 5.32. The number of hydrogen-bond donors (Lipinski definition) is 2. The fourth-order valence-corrected chi connectivity index (χ4v) is 3.88. The maximum Gasteiger partial charge on any atom is 0.224 e. The van der Waals surface area contributed by atoms with Gasteiger partial charge in [-0.1, -0.05) is 13.0 Å². The zero-order valence-corrected chi connectivity index (χ0v) is 17.3. The summed E-state index contributed by atoms with van der Waals surface area (Å²) in [6.07, 6.45) is 4.76. The molecule has 3 aromatic heterocycles. The number of hydrogen-bond acceptors (Lipinski definition) is 6. The molecule has 0 aromatic carbocycles. The van der Waals surface area contributed by atoms with Gasteiger partial charge in [0.05, 0.1) is 11.9 Å². The number of carbonyl (C=O) groups excluding carboxylic acids is 1. The van der Waals surface area contributed by atoms with Gasteiger partial charge in [0.1, 0.15) is 17.3 Å². The molecule has 0 aliphatic carbocycles. The van der Waals surface area contributed by atoms with E-state index < -0.39 is 0 Å². The fraction of sp³-hybridized carbons (Fsp3) is 0.429. The Hall–Kier alpha value is -3.16. The van der Waals surface area contributed by atoms with Gasteiger partial charge in [-0.05, 0) is 26.3 Å². The van der Waals surface area contributed by atoms with E-state index in [0.29, 0.717) is 23.8 Å². The maximum absolute atomic E-state index is 12.1. The smallest absolute Gasteiger partial charge is 0.224 e. The molecule has 1 unspecified atom stereocenters. The van der Waals surface area contributed by atoms with Crippen molar-refractivity contribution in [3.05, 3.63) is 41.9 Å². The molecule has 8 heteroatoms. The van der Waals surface area contributed by atoms with Crippen LogP contribution in [0.3, 0.4) is 0 Å². The fourth-order valence-electron chi connectivity index (χ4n) is 3.88. The number of nitrogens with one attached hydrogen (secondary N) is 2. The average Bonchev–Trinajstić information content (AvgIpc) is 3.29. The van der Waals surface area contributed by atoms with E-state index >= 15 is 0 Å². The first-order chi connectivity index (χ1) is 14.0. The van der Waals surface area contributed by atoms with E-state index in [1.165, 1.54) is 5.56 Å². The van der Waals surface area contributed by atoms with Crippen LogP contribution >= 0.6 is 0 Å². The van der Waals surface area contributed by atoms with Crippen molar-refractivity contribution < 1.29 is 4.79 Å². The number of carbonyl (C=O) groups is 1. The number of amides is 1. The van der Waals surface area contributed by atoms with E-state index in [-0.39, 0.29) is 11.8 Å². The molecule has 4 heterocycles. The summed E-state index contributed by atoms with van der Waals surface area (Å²) in [5, 5.41) is 10.6. The van der Waals surface area contributed by atoms with Crippen LogP contribution in [0, 0.1) is 0 Å². The van der Waals surface area contributed by atoms with Crippen molar-refractivity contribution in [2.24, 2.45) is 0 Å². The molecule has 0 fully saturated rings. The number of fused-ring (bicyclic) bond motifs is 2. The van der Waals surface area contributed by atoms with Crippen LogP contribution in [0.4, 0.5) is 17.3 Å². The van der Waals surface area contributed by atoms with E-state index in [4.69, 9.17) is 4.98 Å². The van der Waals surface area contributed by atoms with Crippen LogP contribution in [0.25, 0.3) is 5.65 Å². The molecule has 0 spiro atoms. The molecule has 4 rings (SSSR count). The van der Waals surface area contributed by atoms with Crippen molar-refractivity contribution in [2.45, 2.75) is 45.6 Å². The summed E-state index contributed by atoms with van der Waals surface area (Å²) in [6, 6.07) is 6.48. The van der Waals surface area contributed by atoms with Crippen LogP contribution in [0.5, 0.6) is 0 Å². The largest absolute Gasteiger partial charge is 0.373 e. The first-order valence-electron chi connectivity index (χ1n) is 10.1. The number of anilines is 3. The molecule has 0 saturated carbocycles. The third-order valence-electron chi connectivity index (χ3n) is 5.32. The van der Waals surface area contributed by atoms with Crippen LogP contribution in [-0.2, 0) is 4.79 Å². The highest BCUT2D eigenvalue weighted by Crippen LogP contribution is 2.39. The van der Waals surface area contributed by atoms with Crippen molar-refractivity contribution in [2.75, 3.05) is 29.1 Å². The second-order valence-electron chi connectivity index (χ2n) is 7.62. The highest BCUT2D eigenvalue weighted by atomic mass is 16.1. The molecule has 1 atom stereocenters. The van der Waals surface area contributed by atoms with Gasteiger partial charge in [-0.25, -0.2) is 9.97 Å². The topological polar surface area (TPSA) is 87.5 Å². The minimum Gasteiger partial charge on any atom is -0.373 e. The SMILES string of the molecule is CCCC(=O)Nc1cnn2c(NC)cc(C3CN(C(C)C)c4ncccc43)nc12. The monoisotopic (exact) mass is 393 g/mol. The molecule has 0 radical (unpaired) electrons. The zero-order chi connectivity index (χ0) is 20.5. The molecule has 0 saturated heterocycles. The van der Waals surface area contributed by atoms with Crippen molar-refractivity contribution in [3.8, 4) is 0 Å². The average molecular weight is 393 g/mol. The van der Waals surface area contributed by atoms with E-state index in [0.717, 1.165) is 30.3 Å². The van der Waals surface area contributed by atoms with Gasteiger partial charge in [-0.15, -0.1) is 0 Å². The lowest BCUT2D eigenvalue weighted by molar-refractivity contribution is -0.116. The Morgan fingerprint density at radius 3 is 2.93 bits per heavy atom. The Morgan fingerprint density at radius 2 is 2.21 bits per heavy atom. The van der Waals surface area contributed by atoms with Crippen molar-refractivity contribution >= 4 is 28.9 Å². The van der Waals surface area contributed by atoms with Crippen molar-refractivity contribution in [3.63, 3.8) is 0 Å².